The van der Waals surface area contributed by atoms with Crippen LogP contribution >= 0.6 is 0 Å². The Labute approximate surface area is 110 Å². The second-order valence-corrected chi connectivity index (χ2v) is 5.88. The minimum absolute atomic E-state index is 0.00976. The van der Waals surface area contributed by atoms with Crippen molar-refractivity contribution in [3.8, 4) is 0 Å². The average Bonchev–Trinajstić information content (AvgIpc) is 2.10. The molecule has 0 radical (unpaired) electrons. The Kier molecular flexibility index (Phi) is 4.37. The molecule has 0 aromatic carbocycles. The smallest absolute Gasteiger partial charge is 0.407 e. The van der Waals surface area contributed by atoms with E-state index in [9.17, 15) is 18.4 Å². The molecule has 110 valence electrons. The molecule has 2 atom stereocenters. The van der Waals surface area contributed by atoms with Crippen molar-refractivity contribution in [2.24, 2.45) is 5.92 Å². The predicted molar refractivity (Wildman–Crippen MR) is 63.1 cm³/mol. The Morgan fingerprint density at radius 3 is 2.37 bits per heavy atom. The summed E-state index contributed by atoms with van der Waals surface area (Å²) in [6.07, 6.45) is -2.06. The molecule has 0 heterocycles. The van der Waals surface area contributed by atoms with Crippen LogP contribution in [0.5, 0.6) is 0 Å². The van der Waals surface area contributed by atoms with Gasteiger partial charge in [-0.25, -0.2) is 13.6 Å². The Hall–Kier alpha value is -1.40. The zero-order chi connectivity index (χ0) is 14.8. The number of hydrogen-bond acceptors (Lipinski definition) is 3. The number of aliphatic carboxylic acids is 1. The number of carbonyl (C=O) groups is 2. The van der Waals surface area contributed by atoms with Crippen LogP contribution in [0.2, 0.25) is 0 Å². The quantitative estimate of drug-likeness (QED) is 0.813. The first kappa shape index (κ1) is 15.7. The number of carbonyl (C=O) groups excluding carboxylic acids is 1. The highest BCUT2D eigenvalue weighted by molar-refractivity contribution is 5.71. The summed E-state index contributed by atoms with van der Waals surface area (Å²) < 4.78 is 31.8. The number of nitrogens with one attached hydrogen (secondary N) is 1. The normalized spacial score (nSPS) is 26.6. The molecule has 2 N–H and O–H groups in total. The summed E-state index contributed by atoms with van der Waals surface area (Å²) in [7, 11) is 0. The van der Waals surface area contributed by atoms with Crippen LogP contribution in [0.3, 0.4) is 0 Å². The fourth-order valence-electron chi connectivity index (χ4n) is 2.09. The molecular formula is C12H19F2NO4. The molecule has 0 spiro atoms. The summed E-state index contributed by atoms with van der Waals surface area (Å²) >= 11 is 0. The fraction of sp³-hybridized carbons (Fsp3) is 0.833. The molecular weight excluding hydrogens is 260 g/mol. The number of carboxylic acid groups (broad SMARTS) is 1. The van der Waals surface area contributed by atoms with Gasteiger partial charge in [-0.05, 0) is 27.2 Å². The Morgan fingerprint density at radius 2 is 1.89 bits per heavy atom. The number of halogens is 2. The lowest BCUT2D eigenvalue weighted by Crippen LogP contribution is -2.47. The molecule has 1 fully saturated rings. The Bertz CT molecular complexity index is 365. The number of rotatable bonds is 2. The van der Waals surface area contributed by atoms with E-state index in [2.05, 4.69) is 5.32 Å². The number of alkyl carbamates (subject to hydrolysis) is 1. The maximum atomic E-state index is 13.4. The van der Waals surface area contributed by atoms with Gasteiger partial charge in [-0.15, -0.1) is 0 Å². The Balaban J connectivity index is 2.62. The third kappa shape index (κ3) is 5.40. The molecule has 0 aromatic rings. The van der Waals surface area contributed by atoms with Crippen LogP contribution in [-0.4, -0.2) is 34.7 Å². The number of carboxylic acids is 1. The number of amides is 1. The van der Waals surface area contributed by atoms with E-state index in [0.717, 1.165) is 0 Å². The van der Waals surface area contributed by atoms with Gasteiger partial charge >= 0.3 is 12.1 Å². The van der Waals surface area contributed by atoms with Crippen molar-refractivity contribution in [3.05, 3.63) is 0 Å². The van der Waals surface area contributed by atoms with Gasteiger partial charge in [-0.2, -0.15) is 0 Å². The van der Waals surface area contributed by atoms with E-state index < -0.39 is 48.4 Å². The van der Waals surface area contributed by atoms with E-state index in [1.54, 1.807) is 20.8 Å². The molecule has 1 saturated carbocycles. The first-order valence-electron chi connectivity index (χ1n) is 6.09. The molecule has 1 aliphatic carbocycles. The summed E-state index contributed by atoms with van der Waals surface area (Å²) in [6.45, 7) is 4.96. The van der Waals surface area contributed by atoms with Gasteiger partial charge in [0.05, 0.1) is 5.92 Å². The summed E-state index contributed by atoms with van der Waals surface area (Å²) in [4.78, 5) is 22.3. The van der Waals surface area contributed by atoms with Crippen LogP contribution in [0, 0.1) is 5.92 Å². The van der Waals surface area contributed by atoms with Crippen LogP contribution in [0.25, 0.3) is 0 Å². The molecule has 1 amide bonds. The van der Waals surface area contributed by atoms with Gasteiger partial charge in [0, 0.05) is 18.9 Å². The Morgan fingerprint density at radius 1 is 1.32 bits per heavy atom. The van der Waals surface area contributed by atoms with E-state index in [1.165, 1.54) is 0 Å². The molecule has 0 aromatic heterocycles. The van der Waals surface area contributed by atoms with Gasteiger partial charge in [0.25, 0.3) is 5.92 Å². The van der Waals surface area contributed by atoms with Gasteiger partial charge in [0.15, 0.2) is 0 Å². The van der Waals surface area contributed by atoms with Gasteiger partial charge in [0.2, 0.25) is 0 Å². The van der Waals surface area contributed by atoms with Gasteiger partial charge < -0.3 is 15.2 Å². The number of hydrogen-bond donors (Lipinski definition) is 2. The van der Waals surface area contributed by atoms with Crippen LogP contribution < -0.4 is 5.32 Å². The summed E-state index contributed by atoms with van der Waals surface area (Å²) in [6, 6.07) is -0.889. The van der Waals surface area contributed by atoms with E-state index in [-0.39, 0.29) is 6.42 Å². The molecule has 19 heavy (non-hydrogen) atoms. The van der Waals surface area contributed by atoms with Crippen LogP contribution in [0.1, 0.15) is 40.0 Å². The molecule has 1 aliphatic rings. The second-order valence-electron chi connectivity index (χ2n) is 5.88. The lowest BCUT2D eigenvalue weighted by Gasteiger charge is -2.33. The van der Waals surface area contributed by atoms with Crippen molar-refractivity contribution in [1.29, 1.82) is 0 Å². The zero-order valence-corrected chi connectivity index (χ0v) is 11.2. The standard InChI is InChI=1S/C12H19F2NO4/c1-11(2,3)19-10(18)15-8-4-7(9(16)17)5-12(13,14)6-8/h7-8H,4-6H2,1-3H3,(H,15,18)(H,16,17)/t7-,8+/m0/s1. The average molecular weight is 279 g/mol. The fourth-order valence-corrected chi connectivity index (χ4v) is 2.09. The van der Waals surface area contributed by atoms with E-state index in [1.807, 2.05) is 0 Å². The highest BCUT2D eigenvalue weighted by Gasteiger charge is 2.44. The lowest BCUT2D eigenvalue weighted by molar-refractivity contribution is -0.150. The van der Waals surface area contributed by atoms with Gasteiger partial charge in [-0.1, -0.05) is 0 Å². The van der Waals surface area contributed by atoms with Gasteiger partial charge in [-0.3, -0.25) is 4.79 Å². The predicted octanol–water partition coefficient (Wildman–Crippen LogP) is 2.40. The van der Waals surface area contributed by atoms with Crippen LogP contribution in [0.15, 0.2) is 0 Å². The maximum Gasteiger partial charge on any atom is 0.407 e. The topological polar surface area (TPSA) is 75.6 Å². The summed E-state index contributed by atoms with van der Waals surface area (Å²) in [5.74, 6) is -5.50. The first-order valence-corrected chi connectivity index (χ1v) is 6.09. The van der Waals surface area contributed by atoms with Crippen LogP contribution in [0.4, 0.5) is 13.6 Å². The molecule has 1 rings (SSSR count). The lowest BCUT2D eigenvalue weighted by atomic mass is 9.83. The minimum Gasteiger partial charge on any atom is -0.481 e. The van der Waals surface area contributed by atoms with E-state index in [0.29, 0.717) is 0 Å². The molecule has 0 saturated heterocycles. The van der Waals surface area contributed by atoms with Crippen molar-refractivity contribution >= 4 is 12.1 Å². The SMILES string of the molecule is CC(C)(C)OC(=O)N[C@@H]1C[C@H](C(=O)O)CC(F)(F)C1. The van der Waals surface area contributed by atoms with E-state index in [4.69, 9.17) is 9.84 Å². The summed E-state index contributed by atoms with van der Waals surface area (Å²) in [5.41, 5.74) is -0.729. The molecule has 0 bridgehead atoms. The molecule has 0 aliphatic heterocycles. The number of alkyl halides is 2. The van der Waals surface area contributed by atoms with Crippen molar-refractivity contribution in [2.75, 3.05) is 0 Å². The number of ether oxygens (including phenoxy) is 1. The monoisotopic (exact) mass is 279 g/mol. The third-order valence-corrected chi connectivity index (χ3v) is 2.73. The summed E-state index contributed by atoms with van der Waals surface area (Å²) in [5, 5.41) is 11.1. The van der Waals surface area contributed by atoms with E-state index >= 15 is 0 Å². The molecule has 7 heteroatoms. The van der Waals surface area contributed by atoms with Crippen molar-refractivity contribution in [3.63, 3.8) is 0 Å². The first-order chi connectivity index (χ1) is 8.48. The van der Waals surface area contributed by atoms with Crippen molar-refractivity contribution < 1.29 is 28.2 Å². The maximum absolute atomic E-state index is 13.4. The van der Waals surface area contributed by atoms with Gasteiger partial charge in [0.1, 0.15) is 5.60 Å². The minimum atomic E-state index is -3.08. The van der Waals surface area contributed by atoms with Crippen LogP contribution in [-0.2, 0) is 9.53 Å². The van der Waals surface area contributed by atoms with Crippen molar-refractivity contribution in [1.82, 2.24) is 5.32 Å². The second kappa shape index (κ2) is 5.30. The molecule has 0 unspecified atom stereocenters. The largest absolute Gasteiger partial charge is 0.481 e. The third-order valence-electron chi connectivity index (χ3n) is 2.73. The highest BCUT2D eigenvalue weighted by Crippen LogP contribution is 2.37. The highest BCUT2D eigenvalue weighted by atomic mass is 19.3. The van der Waals surface area contributed by atoms with Crippen molar-refractivity contribution in [2.45, 2.75) is 57.6 Å². The zero-order valence-electron chi connectivity index (χ0n) is 11.2. The molecule has 5 nitrogen and oxygen atoms in total.